The third-order valence-electron chi connectivity index (χ3n) is 3.77. The van der Waals surface area contributed by atoms with Crippen molar-refractivity contribution in [2.75, 3.05) is 5.32 Å². The fourth-order valence-corrected chi connectivity index (χ4v) is 3.36. The summed E-state index contributed by atoms with van der Waals surface area (Å²) in [5.74, 6) is 0.137. The SMILES string of the molecule is O=C1C[C@@H](c2ccc(O)cc2)c2c(ccc3nsnc23)N1. The van der Waals surface area contributed by atoms with Crippen molar-refractivity contribution in [1.82, 2.24) is 8.75 Å². The van der Waals surface area contributed by atoms with Crippen molar-refractivity contribution in [3.63, 3.8) is 0 Å². The maximum atomic E-state index is 12.0. The standard InChI is InChI=1S/C15H11N3O2S/c19-9-3-1-8(2-4-9)10-7-13(20)16-11-5-6-12-15(14(10)11)18-21-17-12/h1-6,10,19H,7H2,(H,16,20)/t10-/m0/s1. The topological polar surface area (TPSA) is 75.1 Å². The number of fused-ring (bicyclic) bond motifs is 3. The lowest BCUT2D eigenvalue weighted by atomic mass is 9.84. The molecular formula is C15H11N3O2S. The molecule has 3 aromatic rings. The van der Waals surface area contributed by atoms with Gasteiger partial charge in [0.25, 0.3) is 0 Å². The van der Waals surface area contributed by atoms with Gasteiger partial charge in [-0.15, -0.1) is 0 Å². The van der Waals surface area contributed by atoms with Gasteiger partial charge < -0.3 is 10.4 Å². The van der Waals surface area contributed by atoms with Crippen molar-refractivity contribution in [2.45, 2.75) is 12.3 Å². The number of nitrogens with one attached hydrogen (secondary N) is 1. The van der Waals surface area contributed by atoms with Gasteiger partial charge in [0.05, 0.1) is 11.7 Å². The number of hydrogen-bond donors (Lipinski definition) is 2. The van der Waals surface area contributed by atoms with E-state index in [0.717, 1.165) is 27.8 Å². The van der Waals surface area contributed by atoms with Gasteiger partial charge in [-0.2, -0.15) is 8.75 Å². The first-order chi connectivity index (χ1) is 10.2. The van der Waals surface area contributed by atoms with E-state index in [9.17, 15) is 9.90 Å². The van der Waals surface area contributed by atoms with Crippen LogP contribution in [0.4, 0.5) is 5.69 Å². The number of hydrogen-bond acceptors (Lipinski definition) is 5. The first-order valence-electron chi connectivity index (χ1n) is 6.56. The molecule has 0 fully saturated rings. The Morgan fingerprint density at radius 1 is 1.14 bits per heavy atom. The van der Waals surface area contributed by atoms with E-state index >= 15 is 0 Å². The van der Waals surface area contributed by atoms with Crippen LogP contribution in [0.25, 0.3) is 11.0 Å². The molecule has 6 heteroatoms. The van der Waals surface area contributed by atoms with Crippen LogP contribution in [0.15, 0.2) is 36.4 Å². The third kappa shape index (κ3) is 1.95. The Hall–Kier alpha value is -2.47. The lowest BCUT2D eigenvalue weighted by Crippen LogP contribution is -2.23. The zero-order chi connectivity index (χ0) is 14.4. The summed E-state index contributed by atoms with van der Waals surface area (Å²) in [5.41, 5.74) is 4.48. The molecule has 0 saturated heterocycles. The van der Waals surface area contributed by atoms with Crippen LogP contribution in [0.2, 0.25) is 0 Å². The summed E-state index contributed by atoms with van der Waals surface area (Å²) in [5, 5.41) is 12.3. The number of nitrogens with zero attached hydrogens (tertiary/aromatic N) is 2. The minimum absolute atomic E-state index is 0.0110. The number of rotatable bonds is 1. The lowest BCUT2D eigenvalue weighted by molar-refractivity contribution is -0.116. The number of benzene rings is 2. The summed E-state index contributed by atoms with van der Waals surface area (Å²) < 4.78 is 8.65. The first-order valence-corrected chi connectivity index (χ1v) is 7.29. The Labute approximate surface area is 124 Å². The van der Waals surface area contributed by atoms with Crippen LogP contribution in [0.5, 0.6) is 5.75 Å². The molecule has 0 bridgehead atoms. The highest BCUT2D eigenvalue weighted by Crippen LogP contribution is 2.41. The molecule has 0 aliphatic carbocycles. The van der Waals surface area contributed by atoms with Crippen molar-refractivity contribution in [3.8, 4) is 5.75 Å². The smallest absolute Gasteiger partial charge is 0.225 e. The summed E-state index contributed by atoms with van der Waals surface area (Å²) in [7, 11) is 0. The summed E-state index contributed by atoms with van der Waals surface area (Å²) in [6.45, 7) is 0. The average molecular weight is 297 g/mol. The van der Waals surface area contributed by atoms with Crippen molar-refractivity contribution in [1.29, 1.82) is 0 Å². The highest BCUT2D eigenvalue weighted by atomic mass is 32.1. The molecule has 2 heterocycles. The van der Waals surface area contributed by atoms with Gasteiger partial charge in [-0.05, 0) is 29.8 Å². The average Bonchev–Trinajstić information content (AvgIpc) is 2.95. The highest BCUT2D eigenvalue weighted by molar-refractivity contribution is 7.00. The fraction of sp³-hybridized carbons (Fsp3) is 0.133. The van der Waals surface area contributed by atoms with E-state index in [1.54, 1.807) is 12.1 Å². The molecule has 5 nitrogen and oxygen atoms in total. The van der Waals surface area contributed by atoms with Crippen LogP contribution in [-0.2, 0) is 4.79 Å². The van der Waals surface area contributed by atoms with E-state index < -0.39 is 0 Å². The first kappa shape index (κ1) is 12.3. The molecule has 1 aliphatic rings. The molecule has 1 aliphatic heterocycles. The quantitative estimate of drug-likeness (QED) is 0.724. The molecule has 1 amide bonds. The van der Waals surface area contributed by atoms with E-state index in [4.69, 9.17) is 0 Å². The Morgan fingerprint density at radius 2 is 1.95 bits per heavy atom. The highest BCUT2D eigenvalue weighted by Gasteiger charge is 2.29. The van der Waals surface area contributed by atoms with Gasteiger partial charge in [0.2, 0.25) is 5.91 Å². The molecule has 1 atom stereocenters. The van der Waals surface area contributed by atoms with Crippen LogP contribution in [-0.4, -0.2) is 19.8 Å². The predicted octanol–water partition coefficient (Wildman–Crippen LogP) is 2.87. The number of carbonyl (C=O) groups excluding carboxylic acids is 1. The molecule has 4 rings (SSSR count). The Morgan fingerprint density at radius 3 is 2.76 bits per heavy atom. The number of aromatic nitrogens is 2. The maximum Gasteiger partial charge on any atom is 0.225 e. The predicted molar refractivity (Wildman–Crippen MR) is 80.6 cm³/mol. The Kier molecular flexibility index (Phi) is 2.65. The summed E-state index contributed by atoms with van der Waals surface area (Å²) in [6, 6.07) is 10.7. The molecule has 0 radical (unpaired) electrons. The molecule has 2 aromatic carbocycles. The van der Waals surface area contributed by atoms with Crippen molar-refractivity contribution >= 4 is 34.4 Å². The number of phenols is 1. The number of carbonyl (C=O) groups is 1. The van der Waals surface area contributed by atoms with Crippen molar-refractivity contribution in [3.05, 3.63) is 47.5 Å². The molecule has 0 unspecified atom stereocenters. The number of aromatic hydroxyl groups is 1. The third-order valence-corrected chi connectivity index (χ3v) is 4.32. The van der Waals surface area contributed by atoms with Crippen LogP contribution < -0.4 is 5.32 Å². The number of phenolic OH excluding ortho intramolecular Hbond substituents is 1. The van der Waals surface area contributed by atoms with Gasteiger partial charge in [-0.1, -0.05) is 12.1 Å². The van der Waals surface area contributed by atoms with Gasteiger partial charge in [0.15, 0.2) is 0 Å². The minimum atomic E-state index is -0.0676. The zero-order valence-corrected chi connectivity index (χ0v) is 11.7. The van der Waals surface area contributed by atoms with Crippen molar-refractivity contribution in [2.24, 2.45) is 0 Å². The molecule has 21 heavy (non-hydrogen) atoms. The van der Waals surface area contributed by atoms with Gasteiger partial charge in [-0.25, -0.2) is 0 Å². The van der Waals surface area contributed by atoms with Crippen LogP contribution in [0.3, 0.4) is 0 Å². The van der Waals surface area contributed by atoms with E-state index in [0.29, 0.717) is 6.42 Å². The summed E-state index contributed by atoms with van der Waals surface area (Å²) in [6.07, 6.45) is 0.369. The zero-order valence-electron chi connectivity index (χ0n) is 10.9. The summed E-state index contributed by atoms with van der Waals surface area (Å²) in [4.78, 5) is 12.0. The number of anilines is 1. The van der Waals surface area contributed by atoms with Crippen molar-refractivity contribution < 1.29 is 9.90 Å². The van der Waals surface area contributed by atoms with Gasteiger partial charge in [0.1, 0.15) is 16.8 Å². The molecule has 0 spiro atoms. The van der Waals surface area contributed by atoms with Gasteiger partial charge in [0, 0.05) is 23.6 Å². The summed E-state index contributed by atoms with van der Waals surface area (Å²) >= 11 is 1.17. The van der Waals surface area contributed by atoms with Gasteiger partial charge >= 0.3 is 0 Å². The molecular weight excluding hydrogens is 286 g/mol. The van der Waals surface area contributed by atoms with E-state index in [1.807, 2.05) is 24.3 Å². The van der Waals surface area contributed by atoms with Crippen LogP contribution in [0, 0.1) is 0 Å². The second kappa shape index (κ2) is 4.53. The van der Waals surface area contributed by atoms with E-state index in [2.05, 4.69) is 14.1 Å². The number of amides is 1. The van der Waals surface area contributed by atoms with E-state index in [1.165, 1.54) is 11.7 Å². The molecule has 104 valence electrons. The fourth-order valence-electron chi connectivity index (χ4n) is 2.81. The molecule has 0 saturated carbocycles. The minimum Gasteiger partial charge on any atom is -0.508 e. The molecule has 1 aromatic heterocycles. The monoisotopic (exact) mass is 297 g/mol. The molecule has 2 N–H and O–H groups in total. The Balaban J connectivity index is 1.95. The van der Waals surface area contributed by atoms with Gasteiger partial charge in [-0.3, -0.25) is 4.79 Å². The normalized spacial score (nSPS) is 17.5. The van der Waals surface area contributed by atoms with E-state index in [-0.39, 0.29) is 17.6 Å². The van der Waals surface area contributed by atoms with Crippen LogP contribution in [0.1, 0.15) is 23.5 Å². The lowest BCUT2D eigenvalue weighted by Gasteiger charge is -2.26. The van der Waals surface area contributed by atoms with Crippen LogP contribution >= 0.6 is 11.7 Å². The maximum absolute atomic E-state index is 12.0. The second-order valence-electron chi connectivity index (χ2n) is 5.06. The Bertz CT molecular complexity index is 842. The second-order valence-corrected chi connectivity index (χ2v) is 5.58. The largest absolute Gasteiger partial charge is 0.508 e.